The van der Waals surface area contributed by atoms with E-state index in [1.807, 2.05) is 0 Å². The molecule has 0 spiro atoms. The lowest BCUT2D eigenvalue weighted by atomic mass is 9.87. The number of nitrogens with one attached hydrogen (secondary N) is 1. The Bertz CT molecular complexity index is 550. The summed E-state index contributed by atoms with van der Waals surface area (Å²) in [5, 5.41) is 9.04. The molecule has 0 aromatic carbocycles. The summed E-state index contributed by atoms with van der Waals surface area (Å²) in [4.78, 5) is 3.33. The maximum atomic E-state index is 13.2. The van der Waals surface area contributed by atoms with Crippen LogP contribution in [0.1, 0.15) is 6.42 Å². The molecule has 20 heavy (non-hydrogen) atoms. The van der Waals surface area contributed by atoms with E-state index >= 15 is 0 Å². The highest BCUT2D eigenvalue weighted by atomic mass is 19.4. The minimum atomic E-state index is -5.32. The Hall–Kier alpha value is -2.02. The lowest BCUT2D eigenvalue weighted by Gasteiger charge is -2.33. The number of nitrogens with zero attached hydrogens (tertiary/aromatic N) is 3. The Morgan fingerprint density at radius 3 is 2.45 bits per heavy atom. The number of nitriles is 1. The van der Waals surface area contributed by atoms with Crippen molar-refractivity contribution in [1.82, 2.24) is 10.4 Å². The van der Waals surface area contributed by atoms with Crippen LogP contribution in [0.3, 0.4) is 0 Å². The first kappa shape index (κ1) is 14.4. The highest BCUT2D eigenvalue weighted by Crippen LogP contribution is 2.51. The molecule has 1 atom stereocenters. The van der Waals surface area contributed by atoms with Gasteiger partial charge in [-0.05, 0) is 6.08 Å². The van der Waals surface area contributed by atoms with Crippen LogP contribution in [0.25, 0.3) is 0 Å². The Morgan fingerprint density at radius 1 is 1.30 bits per heavy atom. The molecule has 0 bridgehead atoms. The van der Waals surface area contributed by atoms with Gasteiger partial charge in [-0.3, -0.25) is 5.01 Å². The Balaban J connectivity index is 2.71. The quantitative estimate of drug-likeness (QED) is 0.756. The molecule has 0 radical (unpaired) electrons. The van der Waals surface area contributed by atoms with E-state index in [0.29, 0.717) is 5.01 Å². The molecule has 2 rings (SSSR count). The second-order valence-corrected chi connectivity index (χ2v) is 4.04. The first-order chi connectivity index (χ1) is 9.13. The molecule has 0 saturated heterocycles. The number of allylic oxidation sites excluding steroid dienone is 1. The van der Waals surface area contributed by atoms with E-state index in [-0.39, 0.29) is 0 Å². The van der Waals surface area contributed by atoms with Crippen LogP contribution < -0.4 is 5.43 Å². The predicted octanol–water partition coefficient (Wildman–Crippen LogP) is 2.39. The van der Waals surface area contributed by atoms with Crippen molar-refractivity contribution in [1.29, 1.82) is 5.26 Å². The summed E-state index contributed by atoms with van der Waals surface area (Å²) in [6.07, 6.45) is -8.94. The first-order valence-corrected chi connectivity index (χ1v) is 5.17. The molecule has 2 heterocycles. The standard InChI is InChI=1S/C10H6F6N4/c11-9(12,13)6-7-18-4-1-5-20(7)19-8(6,2-3-17)10(14,15)16/h1,4-5,19H,2H2. The zero-order valence-corrected chi connectivity index (χ0v) is 9.55. The zero-order valence-electron chi connectivity index (χ0n) is 9.55. The van der Waals surface area contributed by atoms with Crippen molar-refractivity contribution in [3.05, 3.63) is 23.7 Å². The third kappa shape index (κ3) is 1.94. The van der Waals surface area contributed by atoms with E-state index < -0.39 is 35.7 Å². The van der Waals surface area contributed by atoms with Crippen molar-refractivity contribution in [3.63, 3.8) is 0 Å². The molecule has 0 aromatic heterocycles. The summed E-state index contributed by atoms with van der Waals surface area (Å²) >= 11 is 0. The summed E-state index contributed by atoms with van der Waals surface area (Å²) in [6.45, 7) is 0. The third-order valence-electron chi connectivity index (χ3n) is 2.82. The molecular weight excluding hydrogens is 290 g/mol. The summed E-state index contributed by atoms with van der Waals surface area (Å²) in [7, 11) is 0. The Kier molecular flexibility index (Phi) is 3.05. The molecule has 2 aliphatic rings. The lowest BCUT2D eigenvalue weighted by Crippen LogP contribution is -2.59. The van der Waals surface area contributed by atoms with Gasteiger partial charge in [0.25, 0.3) is 0 Å². The molecule has 10 heteroatoms. The van der Waals surface area contributed by atoms with Gasteiger partial charge in [0.15, 0.2) is 11.4 Å². The third-order valence-corrected chi connectivity index (χ3v) is 2.82. The number of hydrazine groups is 1. The van der Waals surface area contributed by atoms with Crippen LogP contribution in [0, 0.1) is 11.3 Å². The number of hydrogen-bond donors (Lipinski definition) is 1. The van der Waals surface area contributed by atoms with Gasteiger partial charge in [-0.15, -0.1) is 0 Å². The van der Waals surface area contributed by atoms with Crippen molar-refractivity contribution in [3.8, 4) is 6.07 Å². The van der Waals surface area contributed by atoms with Crippen molar-refractivity contribution in [2.75, 3.05) is 0 Å². The second-order valence-electron chi connectivity index (χ2n) is 4.04. The van der Waals surface area contributed by atoms with Crippen LogP contribution in [-0.2, 0) is 0 Å². The number of halogens is 6. The van der Waals surface area contributed by atoms with Gasteiger partial charge in [0.05, 0.1) is 12.5 Å². The van der Waals surface area contributed by atoms with E-state index in [1.165, 1.54) is 6.08 Å². The average Bonchev–Trinajstić information content (AvgIpc) is 2.63. The average molecular weight is 296 g/mol. The molecule has 0 saturated carbocycles. The fraction of sp³-hybridized carbons (Fsp3) is 0.400. The Morgan fingerprint density at radius 2 is 1.95 bits per heavy atom. The topological polar surface area (TPSA) is 51.4 Å². The first-order valence-electron chi connectivity index (χ1n) is 5.17. The van der Waals surface area contributed by atoms with Gasteiger partial charge < -0.3 is 0 Å². The fourth-order valence-corrected chi connectivity index (χ4v) is 2.02. The molecule has 0 aromatic rings. The SMILES string of the molecule is N#CCC1(C(F)(F)F)NN2C=CC=NC2=C1C(F)(F)F. The van der Waals surface area contributed by atoms with E-state index in [9.17, 15) is 26.3 Å². The van der Waals surface area contributed by atoms with E-state index in [2.05, 4.69) is 4.99 Å². The summed E-state index contributed by atoms with van der Waals surface area (Å²) < 4.78 is 78.7. The predicted molar refractivity (Wildman–Crippen MR) is 54.7 cm³/mol. The minimum absolute atomic E-state index is 0.521. The number of fused-ring (bicyclic) bond motifs is 1. The lowest BCUT2D eigenvalue weighted by molar-refractivity contribution is -0.206. The molecule has 4 nitrogen and oxygen atoms in total. The molecule has 0 aliphatic carbocycles. The molecular formula is C10H6F6N4. The molecule has 0 amide bonds. The van der Waals surface area contributed by atoms with Crippen LogP contribution in [0.2, 0.25) is 0 Å². The van der Waals surface area contributed by atoms with Gasteiger partial charge >= 0.3 is 12.4 Å². The van der Waals surface area contributed by atoms with Crippen molar-refractivity contribution >= 4 is 6.21 Å². The van der Waals surface area contributed by atoms with Gasteiger partial charge in [-0.25, -0.2) is 10.4 Å². The maximum absolute atomic E-state index is 13.2. The summed E-state index contributed by atoms with van der Waals surface area (Å²) in [5.74, 6) is -0.910. The van der Waals surface area contributed by atoms with Gasteiger partial charge in [0.2, 0.25) is 0 Å². The van der Waals surface area contributed by atoms with Gasteiger partial charge in [-0.1, -0.05) is 0 Å². The van der Waals surface area contributed by atoms with Crippen LogP contribution in [0.5, 0.6) is 0 Å². The van der Waals surface area contributed by atoms with Crippen molar-refractivity contribution in [2.45, 2.75) is 24.3 Å². The second kappa shape index (κ2) is 4.24. The molecule has 2 aliphatic heterocycles. The van der Waals surface area contributed by atoms with Gasteiger partial charge in [-0.2, -0.15) is 31.6 Å². The highest BCUT2D eigenvalue weighted by molar-refractivity contribution is 5.74. The molecule has 1 N–H and O–H groups in total. The number of alkyl halides is 6. The van der Waals surface area contributed by atoms with Gasteiger partial charge in [0, 0.05) is 12.4 Å². The number of rotatable bonds is 1. The van der Waals surface area contributed by atoms with Crippen molar-refractivity contribution in [2.24, 2.45) is 4.99 Å². The zero-order chi connectivity index (χ0) is 15.2. The van der Waals surface area contributed by atoms with Crippen molar-refractivity contribution < 1.29 is 26.3 Å². The highest BCUT2D eigenvalue weighted by Gasteiger charge is 2.68. The van der Waals surface area contributed by atoms with E-state index in [4.69, 9.17) is 5.26 Å². The van der Waals surface area contributed by atoms with E-state index in [1.54, 1.807) is 5.43 Å². The van der Waals surface area contributed by atoms with Gasteiger partial charge in [0.1, 0.15) is 5.57 Å². The molecule has 108 valence electrons. The Labute approximate surface area is 108 Å². The van der Waals surface area contributed by atoms with Crippen LogP contribution in [0.4, 0.5) is 26.3 Å². The van der Waals surface area contributed by atoms with E-state index in [0.717, 1.165) is 18.5 Å². The smallest absolute Gasteiger partial charge is 0.266 e. The minimum Gasteiger partial charge on any atom is -0.266 e. The normalized spacial score (nSPS) is 25.9. The van der Waals surface area contributed by atoms with Crippen LogP contribution in [0.15, 0.2) is 28.7 Å². The molecule has 1 unspecified atom stereocenters. The fourth-order valence-electron chi connectivity index (χ4n) is 2.02. The maximum Gasteiger partial charge on any atom is 0.418 e. The van der Waals surface area contributed by atoms with Crippen LogP contribution >= 0.6 is 0 Å². The summed E-state index contributed by atoms with van der Waals surface area (Å²) in [6, 6.07) is 1.15. The van der Waals surface area contributed by atoms with Crippen LogP contribution in [-0.4, -0.2) is 29.1 Å². The molecule has 0 fully saturated rings. The number of aliphatic imine (C=N–C) groups is 1. The number of hydrogen-bond acceptors (Lipinski definition) is 4. The largest absolute Gasteiger partial charge is 0.418 e. The monoisotopic (exact) mass is 296 g/mol. The summed E-state index contributed by atoms with van der Waals surface area (Å²) in [5.41, 5.74) is -3.75.